The van der Waals surface area contributed by atoms with E-state index in [0.29, 0.717) is 11.6 Å². The molecule has 0 radical (unpaired) electrons. The summed E-state index contributed by atoms with van der Waals surface area (Å²) in [7, 11) is 4.20. The van der Waals surface area contributed by atoms with Crippen LogP contribution in [0.2, 0.25) is 0 Å². The zero-order chi connectivity index (χ0) is 11.7. The van der Waals surface area contributed by atoms with Crippen LogP contribution >= 0.6 is 0 Å². The Kier molecular flexibility index (Phi) is 2.97. The number of aromatic carboxylic acids is 1. The van der Waals surface area contributed by atoms with E-state index < -0.39 is 5.97 Å². The number of nitrogens with zero attached hydrogens (tertiary/aromatic N) is 1. The summed E-state index contributed by atoms with van der Waals surface area (Å²) >= 11 is 0. The van der Waals surface area contributed by atoms with Crippen molar-refractivity contribution in [2.24, 2.45) is 0 Å². The fraction of sp³-hybridized carbons (Fsp3) is 0.462. The Bertz CT molecular complexity index is 412. The van der Waals surface area contributed by atoms with Crippen LogP contribution in [0.4, 0.5) is 0 Å². The molecule has 1 atom stereocenters. The van der Waals surface area contributed by atoms with Crippen LogP contribution in [0, 0.1) is 0 Å². The standard InChI is InChI=1S/C13H17NO2/c1-14(2)12-6-5-9-7-11(13(15)16)4-3-10(9)8-12/h3-4,7,12H,5-6,8H2,1-2H3,(H,15,16). The Balaban J connectivity index is 2.25. The Morgan fingerprint density at radius 1 is 1.38 bits per heavy atom. The summed E-state index contributed by atoms with van der Waals surface area (Å²) < 4.78 is 0. The second-order valence-electron chi connectivity index (χ2n) is 4.65. The molecule has 0 heterocycles. The van der Waals surface area contributed by atoms with Gasteiger partial charge in [-0.05, 0) is 56.6 Å². The number of hydrogen-bond donors (Lipinski definition) is 1. The first kappa shape index (κ1) is 11.1. The molecule has 0 spiro atoms. The molecule has 0 saturated heterocycles. The molecule has 0 aliphatic heterocycles. The van der Waals surface area contributed by atoms with Gasteiger partial charge in [0, 0.05) is 6.04 Å². The van der Waals surface area contributed by atoms with E-state index in [-0.39, 0.29) is 0 Å². The van der Waals surface area contributed by atoms with Crippen LogP contribution in [-0.2, 0) is 12.8 Å². The molecular formula is C13H17NO2. The van der Waals surface area contributed by atoms with Gasteiger partial charge < -0.3 is 10.0 Å². The zero-order valence-corrected chi connectivity index (χ0v) is 9.73. The predicted octanol–water partition coefficient (Wildman–Crippen LogP) is 1.80. The van der Waals surface area contributed by atoms with E-state index in [0.717, 1.165) is 19.3 Å². The highest BCUT2D eigenvalue weighted by Gasteiger charge is 2.20. The Morgan fingerprint density at radius 2 is 2.12 bits per heavy atom. The molecule has 1 aliphatic carbocycles. The van der Waals surface area contributed by atoms with Gasteiger partial charge in [-0.2, -0.15) is 0 Å². The minimum absolute atomic E-state index is 0.405. The topological polar surface area (TPSA) is 40.5 Å². The molecule has 16 heavy (non-hydrogen) atoms. The first-order chi connectivity index (χ1) is 7.58. The molecule has 0 bridgehead atoms. The van der Waals surface area contributed by atoms with Gasteiger partial charge in [0.25, 0.3) is 0 Å². The lowest BCUT2D eigenvalue weighted by molar-refractivity contribution is 0.0696. The normalized spacial score (nSPS) is 19.6. The van der Waals surface area contributed by atoms with Crippen molar-refractivity contribution in [3.8, 4) is 0 Å². The molecular weight excluding hydrogens is 202 g/mol. The maximum atomic E-state index is 10.9. The van der Waals surface area contributed by atoms with Crippen molar-refractivity contribution in [2.75, 3.05) is 14.1 Å². The van der Waals surface area contributed by atoms with Crippen LogP contribution in [0.1, 0.15) is 27.9 Å². The fourth-order valence-electron chi connectivity index (χ4n) is 2.31. The molecule has 1 aromatic carbocycles. The molecule has 0 aromatic heterocycles. The molecule has 0 saturated carbocycles. The minimum Gasteiger partial charge on any atom is -0.478 e. The van der Waals surface area contributed by atoms with Crippen molar-refractivity contribution in [3.63, 3.8) is 0 Å². The Hall–Kier alpha value is -1.35. The van der Waals surface area contributed by atoms with E-state index in [9.17, 15) is 4.79 Å². The molecule has 1 N–H and O–H groups in total. The Labute approximate surface area is 95.7 Å². The Morgan fingerprint density at radius 3 is 2.75 bits per heavy atom. The van der Waals surface area contributed by atoms with Crippen molar-refractivity contribution in [3.05, 3.63) is 34.9 Å². The number of hydrogen-bond acceptors (Lipinski definition) is 2. The highest BCUT2D eigenvalue weighted by atomic mass is 16.4. The molecule has 0 fully saturated rings. The maximum absolute atomic E-state index is 10.9. The second kappa shape index (κ2) is 4.26. The number of rotatable bonds is 2. The van der Waals surface area contributed by atoms with Crippen LogP contribution in [0.15, 0.2) is 18.2 Å². The lowest BCUT2D eigenvalue weighted by atomic mass is 9.87. The summed E-state index contributed by atoms with van der Waals surface area (Å²) in [6.45, 7) is 0. The van der Waals surface area contributed by atoms with Crippen LogP contribution in [0.5, 0.6) is 0 Å². The zero-order valence-electron chi connectivity index (χ0n) is 9.73. The third-order valence-electron chi connectivity index (χ3n) is 3.39. The van der Waals surface area contributed by atoms with Crippen LogP contribution in [0.25, 0.3) is 0 Å². The predicted molar refractivity (Wildman–Crippen MR) is 62.9 cm³/mol. The molecule has 1 unspecified atom stereocenters. The summed E-state index contributed by atoms with van der Waals surface area (Å²) in [5.74, 6) is -0.836. The quantitative estimate of drug-likeness (QED) is 0.824. The van der Waals surface area contributed by atoms with Gasteiger partial charge in [-0.15, -0.1) is 0 Å². The van der Waals surface area contributed by atoms with E-state index in [4.69, 9.17) is 5.11 Å². The number of carboxylic acids is 1. The fourth-order valence-corrected chi connectivity index (χ4v) is 2.31. The van der Waals surface area contributed by atoms with Gasteiger partial charge in [0.15, 0.2) is 0 Å². The maximum Gasteiger partial charge on any atom is 0.335 e. The lowest BCUT2D eigenvalue weighted by Crippen LogP contribution is -2.33. The van der Waals surface area contributed by atoms with E-state index >= 15 is 0 Å². The van der Waals surface area contributed by atoms with Gasteiger partial charge in [0.2, 0.25) is 0 Å². The first-order valence-electron chi connectivity index (χ1n) is 5.59. The van der Waals surface area contributed by atoms with Crippen LogP contribution < -0.4 is 0 Å². The van der Waals surface area contributed by atoms with E-state index in [1.165, 1.54) is 11.1 Å². The van der Waals surface area contributed by atoms with E-state index in [1.807, 2.05) is 12.1 Å². The largest absolute Gasteiger partial charge is 0.478 e. The summed E-state index contributed by atoms with van der Waals surface area (Å²) in [6, 6.07) is 6.08. The SMILES string of the molecule is CN(C)C1CCc2cc(C(=O)O)ccc2C1. The smallest absolute Gasteiger partial charge is 0.335 e. The van der Waals surface area contributed by atoms with Gasteiger partial charge in [0.05, 0.1) is 5.56 Å². The molecule has 2 rings (SSSR count). The first-order valence-corrected chi connectivity index (χ1v) is 5.59. The van der Waals surface area contributed by atoms with E-state index in [2.05, 4.69) is 19.0 Å². The van der Waals surface area contributed by atoms with Crippen molar-refractivity contribution in [2.45, 2.75) is 25.3 Å². The molecule has 86 valence electrons. The van der Waals surface area contributed by atoms with Crippen molar-refractivity contribution < 1.29 is 9.90 Å². The summed E-state index contributed by atoms with van der Waals surface area (Å²) in [5, 5.41) is 8.92. The van der Waals surface area contributed by atoms with Gasteiger partial charge in [0.1, 0.15) is 0 Å². The monoisotopic (exact) mass is 219 g/mol. The summed E-state index contributed by atoms with van der Waals surface area (Å²) in [4.78, 5) is 13.1. The lowest BCUT2D eigenvalue weighted by Gasteiger charge is -2.29. The number of benzene rings is 1. The number of fused-ring (bicyclic) bond motifs is 1. The van der Waals surface area contributed by atoms with Crippen LogP contribution in [-0.4, -0.2) is 36.1 Å². The van der Waals surface area contributed by atoms with Crippen molar-refractivity contribution >= 4 is 5.97 Å². The summed E-state index contributed by atoms with van der Waals surface area (Å²) in [5.41, 5.74) is 2.91. The third kappa shape index (κ3) is 2.09. The van der Waals surface area contributed by atoms with Crippen molar-refractivity contribution in [1.82, 2.24) is 4.90 Å². The van der Waals surface area contributed by atoms with E-state index in [1.54, 1.807) is 6.07 Å². The molecule has 1 aliphatic rings. The van der Waals surface area contributed by atoms with Crippen LogP contribution in [0.3, 0.4) is 0 Å². The summed E-state index contributed by atoms with van der Waals surface area (Å²) in [6.07, 6.45) is 3.13. The highest BCUT2D eigenvalue weighted by Crippen LogP contribution is 2.24. The van der Waals surface area contributed by atoms with Gasteiger partial charge in [-0.3, -0.25) is 0 Å². The van der Waals surface area contributed by atoms with Gasteiger partial charge in [-0.1, -0.05) is 6.07 Å². The van der Waals surface area contributed by atoms with Gasteiger partial charge in [-0.25, -0.2) is 4.79 Å². The average molecular weight is 219 g/mol. The minimum atomic E-state index is -0.836. The second-order valence-corrected chi connectivity index (χ2v) is 4.65. The third-order valence-corrected chi connectivity index (χ3v) is 3.39. The molecule has 3 nitrogen and oxygen atoms in total. The number of carbonyl (C=O) groups is 1. The number of likely N-dealkylation sites (N-methyl/N-ethyl adjacent to an activating group) is 1. The molecule has 3 heteroatoms. The molecule has 1 aromatic rings. The van der Waals surface area contributed by atoms with Gasteiger partial charge >= 0.3 is 5.97 Å². The van der Waals surface area contributed by atoms with Crippen molar-refractivity contribution in [1.29, 1.82) is 0 Å². The average Bonchev–Trinajstić information content (AvgIpc) is 2.27. The highest BCUT2D eigenvalue weighted by molar-refractivity contribution is 5.87. The number of aryl methyl sites for hydroxylation is 1. The number of carboxylic acid groups (broad SMARTS) is 1. The molecule has 0 amide bonds.